The van der Waals surface area contributed by atoms with Gasteiger partial charge in [-0.1, -0.05) is 13.0 Å². The van der Waals surface area contributed by atoms with Crippen molar-refractivity contribution < 1.29 is 14.3 Å². The Kier molecular flexibility index (Phi) is 5.58. The molecule has 0 bridgehead atoms. The second-order valence-electron chi connectivity index (χ2n) is 5.52. The van der Waals surface area contributed by atoms with E-state index in [-0.39, 0.29) is 5.91 Å². The molecule has 1 amide bonds. The van der Waals surface area contributed by atoms with Gasteiger partial charge in [-0.2, -0.15) is 0 Å². The van der Waals surface area contributed by atoms with Crippen LogP contribution in [0.2, 0.25) is 0 Å². The molecule has 1 aliphatic rings. The highest BCUT2D eigenvalue weighted by Gasteiger charge is 2.18. The van der Waals surface area contributed by atoms with Gasteiger partial charge in [0.1, 0.15) is 0 Å². The lowest BCUT2D eigenvalue weighted by molar-refractivity contribution is -0.134. The Bertz CT molecular complexity index is 552. The number of methoxy groups -OCH3 is 1. The molecule has 1 unspecified atom stereocenters. The number of nitrogens with zero attached hydrogens (tertiary/aromatic N) is 1. The first-order valence-corrected chi connectivity index (χ1v) is 7.48. The van der Waals surface area contributed by atoms with Crippen LogP contribution < -0.4 is 10.2 Å². The van der Waals surface area contributed by atoms with Gasteiger partial charge in [-0.25, -0.2) is 4.79 Å². The number of hydrogen-bond acceptors (Lipinski definition) is 4. The van der Waals surface area contributed by atoms with Crippen molar-refractivity contribution in [1.29, 1.82) is 0 Å². The molecule has 1 aromatic rings. The Hall–Kier alpha value is -2.30. The highest BCUT2D eigenvalue weighted by molar-refractivity contribution is 5.94. The van der Waals surface area contributed by atoms with Gasteiger partial charge < -0.3 is 15.0 Å². The maximum absolute atomic E-state index is 12.0. The van der Waals surface area contributed by atoms with Gasteiger partial charge in [0.05, 0.1) is 7.11 Å². The van der Waals surface area contributed by atoms with Crippen molar-refractivity contribution in [2.45, 2.75) is 13.3 Å². The lowest BCUT2D eigenvalue weighted by Gasteiger charge is -2.18. The molecular weight excluding hydrogens is 280 g/mol. The predicted molar refractivity (Wildman–Crippen MR) is 85.9 cm³/mol. The third-order valence-electron chi connectivity index (χ3n) is 3.75. The molecule has 0 aromatic heterocycles. The van der Waals surface area contributed by atoms with Crippen LogP contribution in [-0.4, -0.2) is 38.6 Å². The number of esters is 1. The molecule has 1 heterocycles. The van der Waals surface area contributed by atoms with E-state index in [1.807, 2.05) is 24.3 Å². The second-order valence-corrected chi connectivity index (χ2v) is 5.52. The third kappa shape index (κ3) is 4.35. The fraction of sp³-hybridized carbons (Fsp3) is 0.412. The summed E-state index contributed by atoms with van der Waals surface area (Å²) in [5.41, 5.74) is 1.77. The largest absolute Gasteiger partial charge is 0.466 e. The number of benzene rings is 1. The number of carbonyl (C=O) groups excluding carboxylic acids is 2. The zero-order chi connectivity index (χ0) is 15.9. The van der Waals surface area contributed by atoms with E-state index in [4.69, 9.17) is 0 Å². The molecule has 1 N–H and O–H groups in total. The van der Waals surface area contributed by atoms with Crippen LogP contribution in [0, 0.1) is 5.92 Å². The van der Waals surface area contributed by atoms with Gasteiger partial charge in [-0.3, -0.25) is 4.79 Å². The van der Waals surface area contributed by atoms with Crippen molar-refractivity contribution in [3.63, 3.8) is 0 Å². The van der Waals surface area contributed by atoms with E-state index in [9.17, 15) is 9.59 Å². The molecule has 22 heavy (non-hydrogen) atoms. The van der Waals surface area contributed by atoms with Crippen LogP contribution in [-0.2, 0) is 9.53 Å². The molecule has 1 aliphatic heterocycles. The van der Waals surface area contributed by atoms with Crippen LogP contribution in [0.15, 0.2) is 36.4 Å². The van der Waals surface area contributed by atoms with Crippen molar-refractivity contribution in [1.82, 2.24) is 5.32 Å². The molecule has 118 valence electrons. The Balaban J connectivity index is 1.86. The zero-order valence-electron chi connectivity index (χ0n) is 13.0. The van der Waals surface area contributed by atoms with E-state index in [0.29, 0.717) is 12.1 Å². The number of hydrogen-bond donors (Lipinski definition) is 1. The summed E-state index contributed by atoms with van der Waals surface area (Å²) in [6.07, 6.45) is 4.07. The van der Waals surface area contributed by atoms with Crippen molar-refractivity contribution in [3.05, 3.63) is 42.0 Å². The van der Waals surface area contributed by atoms with Crippen LogP contribution >= 0.6 is 0 Å². The molecule has 0 aliphatic carbocycles. The van der Waals surface area contributed by atoms with Crippen LogP contribution in [0.3, 0.4) is 0 Å². The maximum atomic E-state index is 12.0. The molecule has 1 fully saturated rings. The highest BCUT2D eigenvalue weighted by Crippen LogP contribution is 2.23. The lowest BCUT2D eigenvalue weighted by atomic mass is 10.1. The first kappa shape index (κ1) is 16.1. The Morgan fingerprint density at radius 3 is 2.68 bits per heavy atom. The number of nitrogens with one attached hydrogen (secondary N) is 1. The molecule has 5 heteroatoms. The van der Waals surface area contributed by atoms with Gasteiger partial charge in [0.15, 0.2) is 0 Å². The van der Waals surface area contributed by atoms with Gasteiger partial charge in [-0.15, -0.1) is 0 Å². The van der Waals surface area contributed by atoms with E-state index in [1.54, 1.807) is 6.08 Å². The SMILES string of the molecule is COC(=O)/C=C/CNC(=O)c1ccc(N2CCC(C)C2)cc1. The van der Waals surface area contributed by atoms with Gasteiger partial charge in [0.2, 0.25) is 0 Å². The fourth-order valence-corrected chi connectivity index (χ4v) is 2.47. The van der Waals surface area contributed by atoms with Crippen LogP contribution in [0.25, 0.3) is 0 Å². The van der Waals surface area contributed by atoms with Crippen molar-refractivity contribution in [2.24, 2.45) is 5.92 Å². The van der Waals surface area contributed by atoms with E-state index in [0.717, 1.165) is 24.7 Å². The number of amides is 1. The Morgan fingerprint density at radius 1 is 1.36 bits per heavy atom. The fourth-order valence-electron chi connectivity index (χ4n) is 2.47. The molecule has 5 nitrogen and oxygen atoms in total. The Morgan fingerprint density at radius 2 is 2.09 bits per heavy atom. The average Bonchev–Trinajstić information content (AvgIpc) is 2.97. The number of ether oxygens (including phenoxy) is 1. The summed E-state index contributed by atoms with van der Waals surface area (Å²) in [4.78, 5) is 25.2. The standard InChI is InChI=1S/C17H22N2O3/c1-13-9-11-19(12-13)15-7-5-14(6-8-15)17(21)18-10-3-4-16(20)22-2/h3-8,13H,9-12H2,1-2H3,(H,18,21)/b4-3+. The first-order valence-electron chi connectivity index (χ1n) is 7.48. The average molecular weight is 302 g/mol. The van der Waals surface area contributed by atoms with Gasteiger partial charge in [0, 0.05) is 37.0 Å². The monoisotopic (exact) mass is 302 g/mol. The number of anilines is 1. The molecule has 1 saturated heterocycles. The molecular formula is C17H22N2O3. The van der Waals surface area contributed by atoms with Gasteiger partial charge >= 0.3 is 5.97 Å². The summed E-state index contributed by atoms with van der Waals surface area (Å²) < 4.78 is 4.47. The summed E-state index contributed by atoms with van der Waals surface area (Å²) in [7, 11) is 1.31. The molecule has 2 rings (SSSR count). The van der Waals surface area contributed by atoms with Crippen molar-refractivity contribution >= 4 is 17.6 Å². The minimum Gasteiger partial charge on any atom is -0.466 e. The molecule has 0 saturated carbocycles. The summed E-state index contributed by atoms with van der Waals surface area (Å²) >= 11 is 0. The number of rotatable bonds is 5. The van der Waals surface area contributed by atoms with Crippen molar-refractivity contribution in [3.8, 4) is 0 Å². The van der Waals surface area contributed by atoms with E-state index in [1.165, 1.54) is 19.6 Å². The highest BCUT2D eigenvalue weighted by atomic mass is 16.5. The van der Waals surface area contributed by atoms with E-state index >= 15 is 0 Å². The van der Waals surface area contributed by atoms with Crippen LogP contribution in [0.5, 0.6) is 0 Å². The van der Waals surface area contributed by atoms with Crippen LogP contribution in [0.1, 0.15) is 23.7 Å². The van der Waals surface area contributed by atoms with Crippen molar-refractivity contribution in [2.75, 3.05) is 31.6 Å². The van der Waals surface area contributed by atoms with Crippen LogP contribution in [0.4, 0.5) is 5.69 Å². The predicted octanol–water partition coefficient (Wildman–Crippen LogP) is 1.99. The van der Waals surface area contributed by atoms with Gasteiger partial charge in [-0.05, 0) is 36.6 Å². The minimum absolute atomic E-state index is 0.157. The lowest BCUT2D eigenvalue weighted by Crippen LogP contribution is -2.24. The molecule has 0 radical (unpaired) electrons. The minimum atomic E-state index is -0.432. The molecule has 1 atom stereocenters. The smallest absolute Gasteiger partial charge is 0.330 e. The summed E-state index contributed by atoms with van der Waals surface area (Å²) in [5, 5.41) is 2.73. The van der Waals surface area contributed by atoms with Gasteiger partial charge in [0.25, 0.3) is 5.91 Å². The maximum Gasteiger partial charge on any atom is 0.330 e. The van der Waals surface area contributed by atoms with E-state index < -0.39 is 5.97 Å². The first-order chi connectivity index (χ1) is 10.6. The summed E-state index contributed by atoms with van der Waals surface area (Å²) in [5.74, 6) is 0.138. The second kappa shape index (κ2) is 7.64. The molecule has 1 aromatic carbocycles. The summed E-state index contributed by atoms with van der Waals surface area (Å²) in [6.45, 7) is 4.69. The van der Waals surface area contributed by atoms with E-state index in [2.05, 4.69) is 21.9 Å². The third-order valence-corrected chi connectivity index (χ3v) is 3.75. The summed E-state index contributed by atoms with van der Waals surface area (Å²) in [6, 6.07) is 7.63. The topological polar surface area (TPSA) is 58.6 Å². The molecule has 0 spiro atoms. The normalized spacial score (nSPS) is 17.7. The quantitative estimate of drug-likeness (QED) is 0.667. The Labute approximate surface area is 130 Å². The number of carbonyl (C=O) groups is 2. The zero-order valence-corrected chi connectivity index (χ0v) is 13.0.